The van der Waals surface area contributed by atoms with Crippen LogP contribution in [-0.2, 0) is 19.6 Å². The van der Waals surface area contributed by atoms with Gasteiger partial charge in [0, 0.05) is 11.9 Å². The smallest absolute Gasteiger partial charge is 0.350 e. The van der Waals surface area contributed by atoms with E-state index in [1.54, 1.807) is 25.1 Å². The summed E-state index contributed by atoms with van der Waals surface area (Å²) in [4.78, 5) is 14.6. The van der Waals surface area contributed by atoms with Crippen molar-refractivity contribution in [2.75, 3.05) is 18.5 Å². The minimum absolute atomic E-state index is 0.0711. The van der Waals surface area contributed by atoms with E-state index >= 15 is 0 Å². The Morgan fingerprint density at radius 2 is 2.28 bits per heavy atom. The molecule has 25 heavy (non-hydrogen) atoms. The van der Waals surface area contributed by atoms with Crippen LogP contribution in [-0.4, -0.2) is 33.4 Å². The van der Waals surface area contributed by atoms with E-state index in [1.807, 2.05) is 0 Å². The van der Waals surface area contributed by atoms with E-state index < -0.39 is 16.0 Å². The minimum Gasteiger partial charge on any atom is -0.462 e. The summed E-state index contributed by atoms with van der Waals surface area (Å²) in [5.74, 6) is -0.168. The van der Waals surface area contributed by atoms with E-state index in [0.717, 1.165) is 13.0 Å². The average Bonchev–Trinajstić information content (AvgIpc) is 3.08. The van der Waals surface area contributed by atoms with E-state index in [1.165, 1.54) is 18.3 Å². The van der Waals surface area contributed by atoms with Gasteiger partial charge in [0.2, 0.25) is 0 Å². The van der Waals surface area contributed by atoms with Gasteiger partial charge >= 0.3 is 16.0 Å². The van der Waals surface area contributed by atoms with Crippen LogP contribution in [0.15, 0.2) is 40.9 Å². The van der Waals surface area contributed by atoms with Crippen molar-refractivity contribution in [1.29, 1.82) is 5.26 Å². The Morgan fingerprint density at radius 1 is 1.48 bits per heavy atom. The standard InChI is InChI=1S/C16H18N4O4S/c1-2-24-16(21)12(10-17)11-19-13-5-3-6-14(9-13)25(22,23)20-15-7-4-8-18-15/h3,5-6,9,11,19H,2,4,7-8H2,1H3,(H,18,20)/p+1/b12-11+. The first kappa shape index (κ1) is 18.5. The zero-order valence-electron chi connectivity index (χ0n) is 13.7. The second kappa shape index (κ2) is 8.30. The van der Waals surface area contributed by atoms with Gasteiger partial charge in [-0.2, -0.15) is 18.4 Å². The van der Waals surface area contributed by atoms with Gasteiger partial charge in [0.05, 0.1) is 19.6 Å². The number of hydrogen-bond donors (Lipinski definition) is 3. The number of nitrogens with one attached hydrogen (secondary N) is 3. The number of benzene rings is 1. The molecular formula is C16H19N4O4S+. The van der Waals surface area contributed by atoms with Crippen LogP contribution < -0.4 is 15.0 Å². The van der Waals surface area contributed by atoms with Crippen LogP contribution in [0.4, 0.5) is 5.69 Å². The number of esters is 1. The highest BCUT2D eigenvalue weighted by atomic mass is 32.2. The van der Waals surface area contributed by atoms with Crippen LogP contribution in [0.1, 0.15) is 19.8 Å². The van der Waals surface area contributed by atoms with Gasteiger partial charge in [0.25, 0.3) is 5.84 Å². The van der Waals surface area contributed by atoms with Gasteiger partial charge in [0.1, 0.15) is 11.0 Å². The lowest BCUT2D eigenvalue weighted by molar-refractivity contribution is -0.448. The quantitative estimate of drug-likeness (QED) is 0.360. The molecule has 1 heterocycles. The Morgan fingerprint density at radius 3 is 2.92 bits per heavy atom. The molecule has 0 spiro atoms. The second-order valence-corrected chi connectivity index (χ2v) is 6.86. The highest BCUT2D eigenvalue weighted by Gasteiger charge is 2.24. The summed E-state index contributed by atoms with van der Waals surface area (Å²) in [6.45, 7) is 2.54. The molecule has 1 aromatic rings. The molecule has 0 amide bonds. The number of carbonyl (C=O) groups excluding carboxylic acids is 1. The van der Waals surface area contributed by atoms with Crippen molar-refractivity contribution in [2.45, 2.75) is 24.7 Å². The maximum Gasteiger partial charge on any atom is 0.350 e. The summed E-state index contributed by atoms with van der Waals surface area (Å²) in [5.41, 5.74) is 0.211. The predicted molar refractivity (Wildman–Crippen MR) is 90.8 cm³/mol. The molecule has 0 atom stereocenters. The lowest BCUT2D eigenvalue weighted by Crippen LogP contribution is -2.72. The third-order valence-corrected chi connectivity index (χ3v) is 4.73. The molecule has 0 unspecified atom stereocenters. The first-order valence-corrected chi connectivity index (χ1v) is 9.21. The van der Waals surface area contributed by atoms with Gasteiger partial charge in [-0.3, -0.25) is 4.99 Å². The molecule has 8 nitrogen and oxygen atoms in total. The zero-order valence-corrected chi connectivity index (χ0v) is 14.5. The van der Waals surface area contributed by atoms with Crippen molar-refractivity contribution in [3.63, 3.8) is 0 Å². The molecule has 0 fully saturated rings. The van der Waals surface area contributed by atoms with E-state index in [9.17, 15) is 13.2 Å². The molecule has 9 heteroatoms. The number of amidine groups is 1. The molecule has 0 saturated carbocycles. The van der Waals surface area contributed by atoms with Crippen molar-refractivity contribution in [3.05, 3.63) is 36.0 Å². The highest BCUT2D eigenvalue weighted by Crippen LogP contribution is 2.16. The van der Waals surface area contributed by atoms with E-state index in [0.29, 0.717) is 17.9 Å². The number of nitriles is 1. The molecule has 1 aliphatic heterocycles. The Hall–Kier alpha value is -2.86. The van der Waals surface area contributed by atoms with E-state index in [-0.39, 0.29) is 17.1 Å². The highest BCUT2D eigenvalue weighted by molar-refractivity contribution is 7.90. The second-order valence-electron chi connectivity index (χ2n) is 5.18. The molecule has 0 aromatic heterocycles. The van der Waals surface area contributed by atoms with Gasteiger partial charge in [0.15, 0.2) is 5.57 Å². The predicted octanol–water partition coefficient (Wildman–Crippen LogP) is -0.380. The Bertz CT molecular complexity index is 853. The van der Waals surface area contributed by atoms with Gasteiger partial charge in [-0.1, -0.05) is 6.07 Å². The van der Waals surface area contributed by atoms with Gasteiger partial charge in [-0.15, -0.1) is 0 Å². The monoisotopic (exact) mass is 363 g/mol. The Labute approximate surface area is 146 Å². The summed E-state index contributed by atoms with van der Waals surface area (Å²) < 4.78 is 32.0. The molecule has 0 saturated heterocycles. The maximum absolute atomic E-state index is 12.4. The lowest BCUT2D eigenvalue weighted by Gasteiger charge is -2.06. The molecular weight excluding hydrogens is 344 g/mol. The van der Waals surface area contributed by atoms with Crippen molar-refractivity contribution in [2.24, 2.45) is 0 Å². The number of rotatable bonds is 6. The van der Waals surface area contributed by atoms with Gasteiger partial charge in [-0.25, -0.2) is 4.79 Å². The summed E-state index contributed by atoms with van der Waals surface area (Å²) in [7, 11) is -3.70. The molecule has 132 valence electrons. The number of sulfonamides is 1. The fourth-order valence-electron chi connectivity index (χ4n) is 2.16. The first-order chi connectivity index (χ1) is 12.0. The van der Waals surface area contributed by atoms with Crippen molar-refractivity contribution >= 4 is 27.5 Å². The lowest BCUT2D eigenvalue weighted by atomic mass is 10.3. The molecule has 0 bridgehead atoms. The summed E-state index contributed by atoms with van der Waals surface area (Å²) in [6.07, 6.45) is 2.73. The number of carbonyl (C=O) groups is 1. The molecule has 3 N–H and O–H groups in total. The summed E-state index contributed by atoms with van der Waals surface area (Å²) in [6, 6.07) is 7.79. The maximum atomic E-state index is 12.4. The normalized spacial score (nSPS) is 14.4. The Balaban J connectivity index is 2.15. The minimum atomic E-state index is -3.70. The molecule has 1 aliphatic rings. The van der Waals surface area contributed by atoms with Crippen LogP contribution in [0.5, 0.6) is 0 Å². The van der Waals surface area contributed by atoms with Crippen LogP contribution in [0.2, 0.25) is 0 Å². The van der Waals surface area contributed by atoms with Crippen LogP contribution in [0.3, 0.4) is 0 Å². The third-order valence-electron chi connectivity index (χ3n) is 3.34. The third kappa shape index (κ3) is 5.06. The van der Waals surface area contributed by atoms with Crippen molar-refractivity contribution < 1.29 is 22.9 Å². The fourth-order valence-corrected chi connectivity index (χ4v) is 3.31. The zero-order chi connectivity index (χ0) is 18.3. The summed E-state index contributed by atoms with van der Waals surface area (Å²) >= 11 is 0. The van der Waals surface area contributed by atoms with Crippen molar-refractivity contribution in [3.8, 4) is 6.07 Å². The molecule has 0 radical (unpaired) electrons. The van der Waals surface area contributed by atoms with Crippen LogP contribution in [0, 0.1) is 11.3 Å². The van der Waals surface area contributed by atoms with Gasteiger partial charge in [-0.05, 0) is 31.5 Å². The van der Waals surface area contributed by atoms with Crippen LogP contribution in [0.25, 0.3) is 0 Å². The van der Waals surface area contributed by atoms with Crippen molar-refractivity contribution in [1.82, 2.24) is 4.72 Å². The summed E-state index contributed by atoms with van der Waals surface area (Å²) in [5, 5.41) is 11.7. The van der Waals surface area contributed by atoms with Crippen LogP contribution >= 0.6 is 0 Å². The fraction of sp³-hybridized carbons (Fsp3) is 0.312. The average molecular weight is 363 g/mol. The molecule has 1 aromatic carbocycles. The van der Waals surface area contributed by atoms with Gasteiger partial charge < -0.3 is 10.1 Å². The Kier molecular flexibility index (Phi) is 6.14. The van der Waals surface area contributed by atoms with E-state index in [4.69, 9.17) is 10.00 Å². The first-order valence-electron chi connectivity index (χ1n) is 7.73. The largest absolute Gasteiger partial charge is 0.462 e. The van der Waals surface area contributed by atoms with E-state index in [2.05, 4.69) is 15.0 Å². The number of nitrogens with zero attached hydrogens (tertiary/aromatic N) is 1. The number of hydrogen-bond acceptors (Lipinski definition) is 6. The topological polar surface area (TPSA) is 122 Å². The molecule has 2 rings (SSSR count). The SMILES string of the molecule is CCOC(=O)/C(C#N)=C/Nc1cccc(S(=O)(=O)NC2=[NH+]CCC2)c1. The molecule has 0 aliphatic carbocycles. The number of ether oxygens (including phenoxy) is 1. The number of anilines is 1.